The molecule has 80 valence electrons. The zero-order valence-electron chi connectivity index (χ0n) is 8.67. The molecule has 3 heteroatoms. The number of primary amides is 1. The van der Waals surface area contributed by atoms with Crippen LogP contribution in [0.25, 0.3) is 0 Å². The molecule has 0 saturated heterocycles. The fraction of sp³-hybridized carbons (Fsp3) is 0.909. The van der Waals surface area contributed by atoms with Crippen molar-refractivity contribution in [2.75, 3.05) is 0 Å². The van der Waals surface area contributed by atoms with Crippen LogP contribution in [0.2, 0.25) is 0 Å². The molecule has 0 aromatic rings. The Morgan fingerprint density at radius 3 is 2.43 bits per heavy atom. The minimum Gasteiger partial charge on any atom is -0.369 e. The fourth-order valence-corrected chi connectivity index (χ4v) is 2.90. The maximum atomic E-state index is 11.2. The molecule has 0 aliphatic heterocycles. The van der Waals surface area contributed by atoms with Crippen LogP contribution in [0.15, 0.2) is 0 Å². The summed E-state index contributed by atoms with van der Waals surface area (Å²) in [5, 5.41) is 3.61. The molecule has 0 bridgehead atoms. The van der Waals surface area contributed by atoms with Crippen molar-refractivity contribution in [2.24, 2.45) is 11.7 Å². The molecule has 2 aliphatic rings. The zero-order valence-corrected chi connectivity index (χ0v) is 8.67. The Bertz CT molecular complexity index is 211. The fourth-order valence-electron chi connectivity index (χ4n) is 2.90. The highest BCUT2D eigenvalue weighted by molar-refractivity contribution is 5.77. The van der Waals surface area contributed by atoms with E-state index in [-0.39, 0.29) is 11.8 Å². The van der Waals surface area contributed by atoms with E-state index in [0.717, 1.165) is 19.3 Å². The summed E-state index contributed by atoms with van der Waals surface area (Å²) in [4.78, 5) is 11.2. The third-order valence-electron chi connectivity index (χ3n) is 3.69. The lowest BCUT2D eigenvalue weighted by Gasteiger charge is -2.22. The van der Waals surface area contributed by atoms with Crippen LogP contribution in [0.5, 0.6) is 0 Å². The lowest BCUT2D eigenvalue weighted by Crippen LogP contribution is -2.43. The number of nitrogens with two attached hydrogens (primary N) is 1. The molecule has 2 fully saturated rings. The van der Waals surface area contributed by atoms with E-state index in [4.69, 9.17) is 5.73 Å². The van der Waals surface area contributed by atoms with Crippen LogP contribution in [-0.2, 0) is 4.79 Å². The molecule has 0 unspecified atom stereocenters. The lowest BCUT2D eigenvalue weighted by atomic mass is 10.0. The van der Waals surface area contributed by atoms with Crippen LogP contribution in [0, 0.1) is 5.92 Å². The van der Waals surface area contributed by atoms with Gasteiger partial charge < -0.3 is 11.1 Å². The molecule has 0 radical (unpaired) electrons. The maximum absolute atomic E-state index is 11.2. The predicted octanol–water partition coefficient (Wildman–Crippen LogP) is 1.17. The summed E-state index contributed by atoms with van der Waals surface area (Å²) in [6, 6.07) is 1.02. The van der Waals surface area contributed by atoms with Gasteiger partial charge in [0.15, 0.2) is 0 Å². The Balaban J connectivity index is 1.86. The van der Waals surface area contributed by atoms with Crippen molar-refractivity contribution in [2.45, 2.75) is 57.0 Å². The quantitative estimate of drug-likeness (QED) is 0.712. The largest absolute Gasteiger partial charge is 0.369 e. The second kappa shape index (κ2) is 4.30. The first-order valence-corrected chi connectivity index (χ1v) is 5.83. The maximum Gasteiger partial charge on any atom is 0.222 e. The number of rotatable bonds is 3. The van der Waals surface area contributed by atoms with Gasteiger partial charge in [0.05, 0.1) is 5.92 Å². The molecule has 2 rings (SSSR count). The Labute approximate surface area is 85.4 Å². The first kappa shape index (κ1) is 9.97. The van der Waals surface area contributed by atoms with E-state index in [9.17, 15) is 4.79 Å². The van der Waals surface area contributed by atoms with Crippen molar-refractivity contribution in [1.29, 1.82) is 0 Å². The highest BCUT2D eigenvalue weighted by atomic mass is 16.1. The Morgan fingerprint density at radius 2 is 1.79 bits per heavy atom. The van der Waals surface area contributed by atoms with Gasteiger partial charge in [-0.15, -0.1) is 0 Å². The van der Waals surface area contributed by atoms with Crippen molar-refractivity contribution in [3.05, 3.63) is 0 Å². The number of amides is 1. The van der Waals surface area contributed by atoms with Gasteiger partial charge in [0, 0.05) is 12.1 Å². The normalized spacial score (nSPS) is 33.7. The number of nitrogens with one attached hydrogen (secondary N) is 1. The summed E-state index contributed by atoms with van der Waals surface area (Å²) < 4.78 is 0. The standard InChI is InChI=1S/C11H20N2O/c12-11(14)9-6-3-7-10(9)13-8-4-1-2-5-8/h8-10,13H,1-7H2,(H2,12,14)/t9-,10-/m1/s1. The van der Waals surface area contributed by atoms with Gasteiger partial charge >= 0.3 is 0 Å². The Morgan fingerprint density at radius 1 is 1.07 bits per heavy atom. The summed E-state index contributed by atoms with van der Waals surface area (Å²) in [6.45, 7) is 0. The summed E-state index contributed by atoms with van der Waals surface area (Å²) in [7, 11) is 0. The van der Waals surface area contributed by atoms with Gasteiger partial charge in [0.2, 0.25) is 5.91 Å². The second-order valence-corrected chi connectivity index (χ2v) is 4.69. The molecule has 0 aromatic heterocycles. The van der Waals surface area contributed by atoms with E-state index in [1.807, 2.05) is 0 Å². The van der Waals surface area contributed by atoms with Crippen LogP contribution in [0.4, 0.5) is 0 Å². The summed E-state index contributed by atoms with van der Waals surface area (Å²) in [6.07, 6.45) is 8.50. The average molecular weight is 196 g/mol. The lowest BCUT2D eigenvalue weighted by molar-refractivity contribution is -0.122. The third kappa shape index (κ3) is 2.08. The van der Waals surface area contributed by atoms with Gasteiger partial charge in [-0.1, -0.05) is 19.3 Å². The third-order valence-corrected chi connectivity index (χ3v) is 3.69. The highest BCUT2D eigenvalue weighted by Gasteiger charge is 2.33. The highest BCUT2D eigenvalue weighted by Crippen LogP contribution is 2.28. The van der Waals surface area contributed by atoms with Gasteiger partial charge in [-0.25, -0.2) is 0 Å². The molecule has 3 N–H and O–H groups in total. The minimum absolute atomic E-state index is 0.0931. The van der Waals surface area contributed by atoms with Crippen LogP contribution in [0.1, 0.15) is 44.9 Å². The molecule has 14 heavy (non-hydrogen) atoms. The molecule has 0 aromatic carbocycles. The predicted molar refractivity (Wildman–Crippen MR) is 55.7 cm³/mol. The van der Waals surface area contributed by atoms with Crippen molar-refractivity contribution < 1.29 is 4.79 Å². The summed E-state index contributed by atoms with van der Waals surface area (Å²) in [5.74, 6) is -0.0198. The number of carbonyl (C=O) groups excluding carboxylic acids is 1. The molecule has 0 spiro atoms. The molecule has 3 nitrogen and oxygen atoms in total. The van der Waals surface area contributed by atoms with E-state index in [0.29, 0.717) is 12.1 Å². The zero-order chi connectivity index (χ0) is 9.97. The molecule has 2 atom stereocenters. The number of hydrogen-bond acceptors (Lipinski definition) is 2. The van der Waals surface area contributed by atoms with E-state index >= 15 is 0 Å². The van der Waals surface area contributed by atoms with Crippen LogP contribution in [-0.4, -0.2) is 18.0 Å². The smallest absolute Gasteiger partial charge is 0.222 e. The topological polar surface area (TPSA) is 55.1 Å². The molecule has 1 amide bonds. The first-order valence-electron chi connectivity index (χ1n) is 5.83. The molecule has 2 saturated carbocycles. The molecule has 0 heterocycles. The van der Waals surface area contributed by atoms with Gasteiger partial charge in [0.1, 0.15) is 0 Å². The van der Waals surface area contributed by atoms with Gasteiger partial charge in [-0.2, -0.15) is 0 Å². The van der Waals surface area contributed by atoms with E-state index in [2.05, 4.69) is 5.32 Å². The average Bonchev–Trinajstić information content (AvgIpc) is 2.75. The van der Waals surface area contributed by atoms with Crippen molar-refractivity contribution in [1.82, 2.24) is 5.32 Å². The summed E-state index contributed by atoms with van der Waals surface area (Å²) in [5.41, 5.74) is 5.38. The second-order valence-electron chi connectivity index (χ2n) is 4.69. The van der Waals surface area contributed by atoms with Crippen LogP contribution in [0.3, 0.4) is 0 Å². The number of hydrogen-bond donors (Lipinski definition) is 2. The van der Waals surface area contributed by atoms with E-state index < -0.39 is 0 Å². The summed E-state index contributed by atoms with van der Waals surface area (Å²) >= 11 is 0. The minimum atomic E-state index is -0.113. The van der Waals surface area contributed by atoms with E-state index in [1.54, 1.807) is 0 Å². The van der Waals surface area contributed by atoms with Crippen molar-refractivity contribution in [3.63, 3.8) is 0 Å². The van der Waals surface area contributed by atoms with Crippen LogP contribution >= 0.6 is 0 Å². The first-order chi connectivity index (χ1) is 6.77. The Hall–Kier alpha value is -0.570. The van der Waals surface area contributed by atoms with Crippen molar-refractivity contribution >= 4 is 5.91 Å². The van der Waals surface area contributed by atoms with E-state index in [1.165, 1.54) is 25.7 Å². The monoisotopic (exact) mass is 196 g/mol. The van der Waals surface area contributed by atoms with Gasteiger partial charge in [0.25, 0.3) is 0 Å². The Kier molecular flexibility index (Phi) is 3.06. The van der Waals surface area contributed by atoms with Crippen LogP contribution < -0.4 is 11.1 Å². The van der Waals surface area contributed by atoms with Gasteiger partial charge in [-0.05, 0) is 25.7 Å². The number of carbonyl (C=O) groups is 1. The molecular formula is C11H20N2O. The van der Waals surface area contributed by atoms with Gasteiger partial charge in [-0.3, -0.25) is 4.79 Å². The molecular weight excluding hydrogens is 176 g/mol. The molecule has 2 aliphatic carbocycles. The van der Waals surface area contributed by atoms with Crippen molar-refractivity contribution in [3.8, 4) is 0 Å². The SMILES string of the molecule is NC(=O)[C@@H]1CCC[C@H]1NC1CCCC1.